The second-order valence-corrected chi connectivity index (χ2v) is 10.5. The molecule has 0 amide bonds. The molecule has 0 saturated carbocycles. The summed E-state index contributed by atoms with van der Waals surface area (Å²) >= 11 is 0. The molecule has 5 aromatic rings. The molecule has 1 atom stereocenters. The smallest absolute Gasteiger partial charge is 0.161 e. The Kier molecular flexibility index (Phi) is 5.81. The third-order valence-electron chi connectivity index (χ3n) is 7.38. The molecule has 1 unspecified atom stereocenters. The van der Waals surface area contributed by atoms with Crippen molar-refractivity contribution in [1.82, 2.24) is 24.7 Å². The highest BCUT2D eigenvalue weighted by atomic mass is 16.5. The Hall–Kier alpha value is -3.62. The first kappa shape index (κ1) is 23.8. The van der Waals surface area contributed by atoms with Crippen molar-refractivity contribution < 1.29 is 14.4 Å². The van der Waals surface area contributed by atoms with Crippen molar-refractivity contribution in [3.8, 4) is 11.1 Å². The number of aromatic nitrogens is 5. The largest absolute Gasteiger partial charge is 0.382 e. The van der Waals surface area contributed by atoms with Gasteiger partial charge in [0.25, 0.3) is 0 Å². The molecule has 0 radical (unpaired) electrons. The van der Waals surface area contributed by atoms with Gasteiger partial charge in [0, 0.05) is 36.7 Å². The fraction of sp³-hybridized carbons (Fsp3) is 0.379. The van der Waals surface area contributed by atoms with Gasteiger partial charge >= 0.3 is 0 Å². The average molecular weight is 498 g/mol. The van der Waals surface area contributed by atoms with Crippen molar-refractivity contribution in [2.75, 3.05) is 13.2 Å². The molecule has 6 rings (SSSR count). The third-order valence-corrected chi connectivity index (χ3v) is 7.38. The summed E-state index contributed by atoms with van der Waals surface area (Å²) in [5.74, 6) is 1.49. The van der Waals surface area contributed by atoms with Crippen LogP contribution in [0.3, 0.4) is 0 Å². The molecule has 1 aliphatic heterocycles. The molecule has 4 aromatic heterocycles. The normalized spacial score (nSPS) is 16.0. The molecule has 37 heavy (non-hydrogen) atoms. The first-order chi connectivity index (χ1) is 17.8. The Morgan fingerprint density at radius 3 is 2.49 bits per heavy atom. The Labute approximate surface area is 215 Å². The van der Waals surface area contributed by atoms with Gasteiger partial charge in [-0.2, -0.15) is 0 Å². The predicted molar refractivity (Wildman–Crippen MR) is 141 cm³/mol. The number of pyridine rings is 1. The van der Waals surface area contributed by atoms with Gasteiger partial charge in [-0.25, -0.2) is 9.97 Å². The number of benzene rings is 1. The quantitative estimate of drug-likeness (QED) is 0.342. The molecule has 1 fully saturated rings. The predicted octanol–water partition coefficient (Wildman–Crippen LogP) is 5.49. The van der Waals surface area contributed by atoms with Crippen LogP contribution in [0.25, 0.3) is 33.2 Å². The van der Waals surface area contributed by atoms with Gasteiger partial charge < -0.3 is 18.9 Å². The number of ether oxygens (including phenoxy) is 1. The van der Waals surface area contributed by atoms with Gasteiger partial charge in [-0.1, -0.05) is 35.5 Å². The van der Waals surface area contributed by atoms with Gasteiger partial charge in [0.05, 0.1) is 28.2 Å². The van der Waals surface area contributed by atoms with Gasteiger partial charge in [-0.05, 0) is 58.1 Å². The number of aryl methyl sites for hydroxylation is 2. The zero-order chi connectivity index (χ0) is 25.7. The molecule has 1 saturated heterocycles. The van der Waals surface area contributed by atoms with Gasteiger partial charge in [0.15, 0.2) is 5.82 Å². The van der Waals surface area contributed by atoms with Crippen LogP contribution >= 0.6 is 0 Å². The van der Waals surface area contributed by atoms with Gasteiger partial charge in [-0.3, -0.25) is 4.98 Å². The summed E-state index contributed by atoms with van der Waals surface area (Å²) in [6, 6.07) is 12.7. The Morgan fingerprint density at radius 1 is 1.05 bits per heavy atom. The van der Waals surface area contributed by atoms with Crippen LogP contribution in [0.4, 0.5) is 0 Å². The van der Waals surface area contributed by atoms with Crippen LogP contribution in [-0.4, -0.2) is 43.0 Å². The first-order valence-electron chi connectivity index (χ1n) is 12.8. The average Bonchev–Trinajstić information content (AvgIpc) is 3.40. The van der Waals surface area contributed by atoms with Gasteiger partial charge in [0.1, 0.15) is 17.0 Å². The monoisotopic (exact) mass is 497 g/mol. The minimum atomic E-state index is -1.17. The minimum absolute atomic E-state index is 0.0105. The minimum Gasteiger partial charge on any atom is -0.382 e. The number of hydrogen-bond acceptors (Lipinski definition) is 7. The van der Waals surface area contributed by atoms with E-state index in [1.807, 2.05) is 26.1 Å². The zero-order valence-electron chi connectivity index (χ0n) is 21.6. The maximum Gasteiger partial charge on any atom is 0.161 e. The molecule has 1 aromatic carbocycles. The van der Waals surface area contributed by atoms with Crippen LogP contribution in [0.15, 0.2) is 53.3 Å². The molecule has 1 aliphatic rings. The van der Waals surface area contributed by atoms with Crippen LogP contribution in [-0.2, 0) is 10.3 Å². The van der Waals surface area contributed by atoms with Crippen molar-refractivity contribution in [2.24, 2.45) is 5.92 Å². The van der Waals surface area contributed by atoms with Crippen LogP contribution in [0, 0.1) is 19.8 Å². The van der Waals surface area contributed by atoms with Crippen molar-refractivity contribution in [1.29, 1.82) is 0 Å². The van der Waals surface area contributed by atoms with E-state index in [9.17, 15) is 5.11 Å². The molecule has 190 valence electrons. The summed E-state index contributed by atoms with van der Waals surface area (Å²) in [6.07, 6.45) is 5.56. The lowest BCUT2D eigenvalue weighted by Crippen LogP contribution is -2.27. The van der Waals surface area contributed by atoms with Crippen molar-refractivity contribution in [3.05, 3.63) is 71.6 Å². The maximum atomic E-state index is 10.8. The molecule has 8 nitrogen and oxygen atoms in total. The molecule has 0 spiro atoms. The van der Waals surface area contributed by atoms with Crippen molar-refractivity contribution in [2.45, 2.75) is 52.2 Å². The highest BCUT2D eigenvalue weighted by molar-refractivity contribution is 6.05. The summed E-state index contributed by atoms with van der Waals surface area (Å²) in [4.78, 5) is 14.4. The Balaban J connectivity index is 1.69. The van der Waals surface area contributed by atoms with E-state index in [1.54, 1.807) is 20.0 Å². The molecule has 0 bridgehead atoms. The first-order valence-corrected chi connectivity index (χ1v) is 12.8. The molecule has 8 heteroatoms. The van der Waals surface area contributed by atoms with Crippen LogP contribution in [0.5, 0.6) is 0 Å². The van der Waals surface area contributed by atoms with E-state index in [2.05, 4.69) is 45.0 Å². The van der Waals surface area contributed by atoms with Crippen molar-refractivity contribution >= 4 is 22.1 Å². The number of hydrogen-bond donors (Lipinski definition) is 1. The third kappa shape index (κ3) is 4.10. The summed E-state index contributed by atoms with van der Waals surface area (Å²) < 4.78 is 13.5. The summed E-state index contributed by atoms with van der Waals surface area (Å²) in [5, 5.41) is 15.8. The van der Waals surface area contributed by atoms with E-state index in [-0.39, 0.29) is 6.04 Å². The SMILES string of the molecule is Cc1noc(C)c1-c1cnc2c3cnc(C(C)(C)O)nc3n(C(c3ccccc3)C3CCOCC3)c2c1. The topological polar surface area (TPSA) is 99.1 Å². The maximum absolute atomic E-state index is 10.8. The van der Waals surface area contributed by atoms with Crippen LogP contribution < -0.4 is 0 Å². The Morgan fingerprint density at radius 2 is 1.81 bits per heavy atom. The van der Waals surface area contributed by atoms with E-state index in [0.29, 0.717) is 11.7 Å². The van der Waals surface area contributed by atoms with E-state index in [4.69, 9.17) is 19.2 Å². The Bertz CT molecular complexity index is 1560. The summed E-state index contributed by atoms with van der Waals surface area (Å²) in [6.45, 7) is 8.76. The molecule has 0 aliphatic carbocycles. The van der Waals surface area contributed by atoms with E-state index in [0.717, 1.165) is 70.7 Å². The lowest BCUT2D eigenvalue weighted by atomic mass is 9.86. The van der Waals surface area contributed by atoms with Crippen molar-refractivity contribution in [3.63, 3.8) is 0 Å². The zero-order valence-corrected chi connectivity index (χ0v) is 21.6. The standard InChI is InChI=1S/C29H31N5O3/c1-17-24(18(2)37-33-17)21-14-23-25(30-15-21)22-16-31-28(29(3,4)35)32-27(22)34(23)26(19-8-6-5-7-9-19)20-10-12-36-13-11-20/h5-9,14-16,20,26,35H,10-13H2,1-4H3. The molecular formula is C29H31N5O3. The molecule has 1 N–H and O–H groups in total. The van der Waals surface area contributed by atoms with Gasteiger partial charge in [0.2, 0.25) is 0 Å². The lowest BCUT2D eigenvalue weighted by molar-refractivity contribution is 0.0551. The second-order valence-electron chi connectivity index (χ2n) is 10.5. The molecular weight excluding hydrogens is 466 g/mol. The number of nitrogens with zero attached hydrogens (tertiary/aromatic N) is 5. The highest BCUT2D eigenvalue weighted by Crippen LogP contribution is 2.41. The van der Waals surface area contributed by atoms with Crippen LogP contribution in [0.1, 0.15) is 55.6 Å². The number of aliphatic hydroxyl groups is 1. The lowest BCUT2D eigenvalue weighted by Gasteiger charge is -2.33. The van der Waals surface area contributed by atoms with E-state index < -0.39 is 5.60 Å². The van der Waals surface area contributed by atoms with E-state index >= 15 is 0 Å². The number of fused-ring (bicyclic) bond motifs is 3. The summed E-state index contributed by atoms with van der Waals surface area (Å²) in [7, 11) is 0. The van der Waals surface area contributed by atoms with Crippen LogP contribution in [0.2, 0.25) is 0 Å². The second kappa shape index (κ2) is 9.04. The fourth-order valence-corrected chi connectivity index (χ4v) is 5.60. The molecule has 5 heterocycles. The summed E-state index contributed by atoms with van der Waals surface area (Å²) in [5.41, 5.74) is 5.33. The highest BCUT2D eigenvalue weighted by Gasteiger charge is 2.32. The number of rotatable bonds is 5. The fourth-order valence-electron chi connectivity index (χ4n) is 5.60. The van der Waals surface area contributed by atoms with E-state index in [1.165, 1.54) is 5.56 Å². The van der Waals surface area contributed by atoms with Gasteiger partial charge in [-0.15, -0.1) is 0 Å².